The molecule has 0 atom stereocenters. The summed E-state index contributed by atoms with van der Waals surface area (Å²) in [7, 11) is 0. The van der Waals surface area contributed by atoms with Crippen LogP contribution < -0.4 is 11.1 Å². The van der Waals surface area contributed by atoms with Gasteiger partial charge in [-0.2, -0.15) is 0 Å². The van der Waals surface area contributed by atoms with Gasteiger partial charge in [-0.3, -0.25) is 9.78 Å². The summed E-state index contributed by atoms with van der Waals surface area (Å²) in [5, 5.41) is 2.81. The molecule has 3 N–H and O–H groups in total. The maximum Gasteiger partial charge on any atom is 0.253 e. The second kappa shape index (κ2) is 5.64. The van der Waals surface area contributed by atoms with Gasteiger partial charge < -0.3 is 11.1 Å². The lowest BCUT2D eigenvalue weighted by atomic mass is 10.1. The molecule has 4 nitrogen and oxygen atoms in total. The molecule has 5 heteroatoms. The molecule has 2 rings (SSSR count). The fourth-order valence-corrected chi connectivity index (χ4v) is 1.90. The number of aromatic nitrogens is 1. The normalized spacial score (nSPS) is 10.1. The number of anilines is 1. The summed E-state index contributed by atoms with van der Waals surface area (Å²) in [4.78, 5) is 15.8. The number of nitrogens with two attached hydrogens (primary N) is 1. The molecule has 1 amide bonds. The monoisotopic (exact) mass is 305 g/mol. The molecule has 0 spiro atoms. The van der Waals surface area contributed by atoms with E-state index < -0.39 is 0 Å². The first-order chi connectivity index (χ1) is 8.66. The molecule has 0 unspecified atom stereocenters. The first kappa shape index (κ1) is 12.6. The molecule has 18 heavy (non-hydrogen) atoms. The summed E-state index contributed by atoms with van der Waals surface area (Å²) in [6.07, 6.45) is 3.38. The van der Waals surface area contributed by atoms with Gasteiger partial charge in [0.15, 0.2) is 0 Å². The van der Waals surface area contributed by atoms with E-state index >= 15 is 0 Å². The standard InChI is InChI=1S/C13H12BrN3O/c14-10-1-2-11(12(15)7-10)13(18)17-8-9-3-5-16-6-4-9/h1-7H,8,15H2,(H,17,18). The highest BCUT2D eigenvalue weighted by Crippen LogP contribution is 2.18. The summed E-state index contributed by atoms with van der Waals surface area (Å²) < 4.78 is 0.852. The smallest absolute Gasteiger partial charge is 0.253 e. The van der Waals surface area contributed by atoms with Crippen molar-refractivity contribution in [3.05, 3.63) is 58.3 Å². The molecule has 0 saturated heterocycles. The Bertz CT molecular complexity index is 557. The Morgan fingerprint density at radius 2 is 2.00 bits per heavy atom. The first-order valence-corrected chi connectivity index (χ1v) is 6.18. The average molecular weight is 306 g/mol. The topological polar surface area (TPSA) is 68.0 Å². The second-order valence-corrected chi connectivity index (χ2v) is 4.69. The van der Waals surface area contributed by atoms with Crippen molar-refractivity contribution >= 4 is 27.5 Å². The zero-order valence-electron chi connectivity index (χ0n) is 9.56. The molecule has 0 saturated carbocycles. The van der Waals surface area contributed by atoms with Crippen LogP contribution in [0.25, 0.3) is 0 Å². The minimum absolute atomic E-state index is 0.184. The van der Waals surface area contributed by atoms with E-state index in [1.54, 1.807) is 30.6 Å². The van der Waals surface area contributed by atoms with Crippen LogP contribution in [0.5, 0.6) is 0 Å². The van der Waals surface area contributed by atoms with E-state index in [2.05, 4.69) is 26.2 Å². The van der Waals surface area contributed by atoms with E-state index in [1.165, 1.54) is 0 Å². The van der Waals surface area contributed by atoms with E-state index in [9.17, 15) is 4.79 Å². The lowest BCUT2D eigenvalue weighted by Gasteiger charge is -2.07. The minimum Gasteiger partial charge on any atom is -0.398 e. The van der Waals surface area contributed by atoms with Gasteiger partial charge in [0.05, 0.1) is 5.56 Å². The van der Waals surface area contributed by atoms with Crippen LogP contribution in [-0.4, -0.2) is 10.9 Å². The number of benzene rings is 1. The molecule has 2 aromatic rings. The lowest BCUT2D eigenvalue weighted by molar-refractivity contribution is 0.0952. The van der Waals surface area contributed by atoms with Gasteiger partial charge in [-0.1, -0.05) is 15.9 Å². The van der Waals surface area contributed by atoms with Gasteiger partial charge in [-0.15, -0.1) is 0 Å². The van der Waals surface area contributed by atoms with Crippen LogP contribution in [0.2, 0.25) is 0 Å². The number of hydrogen-bond donors (Lipinski definition) is 2. The van der Waals surface area contributed by atoms with Gasteiger partial charge in [-0.25, -0.2) is 0 Å². The molecule has 92 valence electrons. The van der Waals surface area contributed by atoms with Crippen molar-refractivity contribution in [1.29, 1.82) is 0 Å². The first-order valence-electron chi connectivity index (χ1n) is 5.39. The zero-order valence-corrected chi connectivity index (χ0v) is 11.1. The maximum absolute atomic E-state index is 11.9. The number of rotatable bonds is 3. The Balaban J connectivity index is 2.04. The zero-order chi connectivity index (χ0) is 13.0. The van der Waals surface area contributed by atoms with Crippen LogP contribution in [-0.2, 0) is 6.54 Å². The summed E-state index contributed by atoms with van der Waals surface area (Å²) in [5.74, 6) is -0.184. The third kappa shape index (κ3) is 3.07. The van der Waals surface area contributed by atoms with Crippen molar-refractivity contribution in [2.75, 3.05) is 5.73 Å². The maximum atomic E-state index is 11.9. The number of halogens is 1. The highest BCUT2D eigenvalue weighted by Gasteiger charge is 2.09. The van der Waals surface area contributed by atoms with Crippen molar-refractivity contribution in [3.63, 3.8) is 0 Å². The third-order valence-electron chi connectivity index (χ3n) is 2.46. The number of nitrogens with zero attached hydrogens (tertiary/aromatic N) is 1. The van der Waals surface area contributed by atoms with Gasteiger partial charge in [0.1, 0.15) is 0 Å². The third-order valence-corrected chi connectivity index (χ3v) is 2.95. The molecule has 1 heterocycles. The Hall–Kier alpha value is -1.88. The number of pyridine rings is 1. The van der Waals surface area contributed by atoms with Crippen LogP contribution in [0.4, 0.5) is 5.69 Å². The molecule has 0 radical (unpaired) electrons. The average Bonchev–Trinajstić information content (AvgIpc) is 2.37. The van der Waals surface area contributed by atoms with Crippen LogP contribution in [0.3, 0.4) is 0 Å². The van der Waals surface area contributed by atoms with Crippen LogP contribution >= 0.6 is 15.9 Å². The SMILES string of the molecule is Nc1cc(Br)ccc1C(=O)NCc1ccncc1. The predicted molar refractivity (Wildman–Crippen MR) is 74.0 cm³/mol. The summed E-state index contributed by atoms with van der Waals surface area (Å²) in [5.41, 5.74) is 7.72. The van der Waals surface area contributed by atoms with Crippen LogP contribution in [0, 0.1) is 0 Å². The minimum atomic E-state index is -0.184. The molecule has 0 fully saturated rings. The Kier molecular flexibility index (Phi) is 3.94. The molecular formula is C13H12BrN3O. The molecule has 1 aromatic heterocycles. The van der Waals surface area contributed by atoms with Crippen molar-refractivity contribution in [2.24, 2.45) is 0 Å². The van der Waals surface area contributed by atoms with E-state index in [0.717, 1.165) is 10.0 Å². The highest BCUT2D eigenvalue weighted by atomic mass is 79.9. The Morgan fingerprint density at radius 3 is 2.67 bits per heavy atom. The molecule has 0 aliphatic rings. The van der Waals surface area contributed by atoms with Crippen molar-refractivity contribution in [2.45, 2.75) is 6.54 Å². The fourth-order valence-electron chi connectivity index (χ4n) is 1.52. The van der Waals surface area contributed by atoms with Crippen molar-refractivity contribution in [3.8, 4) is 0 Å². The molecule has 0 bridgehead atoms. The van der Waals surface area contributed by atoms with Crippen LogP contribution in [0.1, 0.15) is 15.9 Å². The number of nitrogens with one attached hydrogen (secondary N) is 1. The molecule has 0 aliphatic carbocycles. The van der Waals surface area contributed by atoms with Crippen LogP contribution in [0.15, 0.2) is 47.2 Å². The van der Waals surface area contributed by atoms with Crippen molar-refractivity contribution < 1.29 is 4.79 Å². The lowest BCUT2D eigenvalue weighted by Crippen LogP contribution is -2.23. The fraction of sp³-hybridized carbons (Fsp3) is 0.0769. The molecule has 1 aromatic carbocycles. The van der Waals surface area contributed by atoms with E-state index in [-0.39, 0.29) is 5.91 Å². The largest absolute Gasteiger partial charge is 0.398 e. The summed E-state index contributed by atoms with van der Waals surface area (Å²) in [6.45, 7) is 0.455. The number of hydrogen-bond acceptors (Lipinski definition) is 3. The molecular weight excluding hydrogens is 294 g/mol. The van der Waals surface area contributed by atoms with E-state index in [1.807, 2.05) is 12.1 Å². The van der Waals surface area contributed by atoms with Gasteiger partial charge in [0.2, 0.25) is 0 Å². The quantitative estimate of drug-likeness (QED) is 0.855. The van der Waals surface area contributed by atoms with Gasteiger partial charge in [0, 0.05) is 29.1 Å². The molecule has 0 aliphatic heterocycles. The number of carbonyl (C=O) groups is 1. The van der Waals surface area contributed by atoms with E-state index in [0.29, 0.717) is 17.8 Å². The number of carbonyl (C=O) groups excluding carboxylic acids is 1. The highest BCUT2D eigenvalue weighted by molar-refractivity contribution is 9.10. The van der Waals surface area contributed by atoms with E-state index in [4.69, 9.17) is 5.73 Å². The number of nitrogen functional groups attached to an aromatic ring is 1. The van der Waals surface area contributed by atoms with Gasteiger partial charge in [0.25, 0.3) is 5.91 Å². The summed E-state index contributed by atoms with van der Waals surface area (Å²) in [6, 6.07) is 8.90. The second-order valence-electron chi connectivity index (χ2n) is 3.77. The van der Waals surface area contributed by atoms with Gasteiger partial charge in [-0.05, 0) is 35.9 Å². The Morgan fingerprint density at radius 1 is 1.28 bits per heavy atom. The summed E-state index contributed by atoms with van der Waals surface area (Å²) >= 11 is 3.30. The number of amides is 1. The Labute approximate surface area is 113 Å². The van der Waals surface area contributed by atoms with Crippen molar-refractivity contribution in [1.82, 2.24) is 10.3 Å². The predicted octanol–water partition coefficient (Wildman–Crippen LogP) is 2.36. The van der Waals surface area contributed by atoms with Gasteiger partial charge >= 0.3 is 0 Å².